The fourth-order valence-electron chi connectivity index (χ4n) is 2.41. The van der Waals surface area contributed by atoms with Gasteiger partial charge in [0.05, 0.1) is 12.4 Å². The zero-order chi connectivity index (χ0) is 21.0. The lowest BCUT2D eigenvalue weighted by Crippen LogP contribution is -2.23. The third kappa shape index (κ3) is 7.42. The summed E-state index contributed by atoms with van der Waals surface area (Å²) in [6.45, 7) is 0. The van der Waals surface area contributed by atoms with Crippen LogP contribution in [0.25, 0.3) is 0 Å². The number of rotatable bonds is 6. The van der Waals surface area contributed by atoms with Crippen LogP contribution in [0.5, 0.6) is 0 Å². The fraction of sp³-hybridized carbons (Fsp3) is 0. The van der Waals surface area contributed by atoms with E-state index >= 15 is 0 Å². The average molecular weight is 433 g/mol. The molecule has 6 nitrogen and oxygen atoms in total. The second-order valence-electron chi connectivity index (χ2n) is 6.05. The lowest BCUT2D eigenvalue weighted by molar-refractivity contribution is 1.05. The molecule has 0 heterocycles. The molecule has 0 aliphatic heterocycles. The minimum absolute atomic E-state index is 0.416. The van der Waals surface area contributed by atoms with E-state index in [1.54, 1.807) is 12.4 Å². The van der Waals surface area contributed by atoms with Crippen molar-refractivity contribution in [3.63, 3.8) is 0 Å². The van der Waals surface area contributed by atoms with Crippen LogP contribution in [0, 0.1) is 0 Å². The zero-order valence-electron chi connectivity index (χ0n) is 15.9. The number of nitrogens with zero attached hydrogens (tertiary/aromatic N) is 2. The van der Waals surface area contributed by atoms with E-state index in [1.165, 1.54) is 0 Å². The molecule has 0 saturated carbocycles. The third-order valence-electron chi connectivity index (χ3n) is 3.73. The maximum Gasteiger partial charge on any atom is 0.191 e. The summed E-state index contributed by atoms with van der Waals surface area (Å²) in [5.41, 5.74) is 9.20. The number of benzene rings is 3. The molecule has 0 aliphatic rings. The van der Waals surface area contributed by atoms with Gasteiger partial charge in [0.15, 0.2) is 10.2 Å². The number of hydrogen-bond acceptors (Lipinski definition) is 4. The van der Waals surface area contributed by atoms with E-state index in [1.807, 2.05) is 84.9 Å². The number of anilines is 2. The third-order valence-corrected chi connectivity index (χ3v) is 4.12. The second-order valence-corrected chi connectivity index (χ2v) is 6.87. The number of thiocarbonyl (C=S) groups is 2. The van der Waals surface area contributed by atoms with Gasteiger partial charge in [0.1, 0.15) is 0 Å². The van der Waals surface area contributed by atoms with Crippen molar-refractivity contribution in [3.05, 3.63) is 96.1 Å². The van der Waals surface area contributed by atoms with Gasteiger partial charge in [-0.05, 0) is 65.9 Å². The van der Waals surface area contributed by atoms with Crippen LogP contribution in [0.1, 0.15) is 11.1 Å². The van der Waals surface area contributed by atoms with E-state index in [2.05, 4.69) is 31.7 Å². The summed E-state index contributed by atoms with van der Waals surface area (Å²) in [6.07, 6.45) is 3.37. The van der Waals surface area contributed by atoms with Crippen LogP contribution >= 0.6 is 24.4 Å². The Morgan fingerprint density at radius 3 is 1.47 bits per heavy atom. The van der Waals surface area contributed by atoms with Gasteiger partial charge < -0.3 is 10.6 Å². The number of hydrogen-bond donors (Lipinski definition) is 4. The Morgan fingerprint density at radius 1 is 0.600 bits per heavy atom. The Bertz CT molecular complexity index is 955. The molecule has 3 aromatic carbocycles. The molecular weight excluding hydrogens is 412 g/mol. The van der Waals surface area contributed by atoms with Crippen LogP contribution in [0.2, 0.25) is 0 Å². The highest BCUT2D eigenvalue weighted by molar-refractivity contribution is 7.80. The molecule has 0 unspecified atom stereocenters. The summed E-state index contributed by atoms with van der Waals surface area (Å²) >= 11 is 10.4. The Kier molecular flexibility index (Phi) is 8.02. The summed E-state index contributed by atoms with van der Waals surface area (Å²) in [7, 11) is 0. The summed E-state index contributed by atoms with van der Waals surface area (Å²) in [4.78, 5) is 0. The standard InChI is InChI=1S/C22H20N6S2/c29-21(25-19-10-3-1-4-11-19)27-23-15-17-8-7-9-18(14-17)16-24-28-22(30)26-20-12-5-2-6-13-20/h1-16H,(H2,25,27,29)(H2,26,28,30)/b23-15+,24-16+. The smallest absolute Gasteiger partial charge is 0.191 e. The van der Waals surface area contributed by atoms with Crippen molar-refractivity contribution in [1.82, 2.24) is 10.9 Å². The molecule has 0 aliphatic carbocycles. The van der Waals surface area contributed by atoms with Gasteiger partial charge in [-0.25, -0.2) is 0 Å². The Balaban J connectivity index is 1.47. The second kappa shape index (κ2) is 11.4. The Labute approximate surface area is 186 Å². The van der Waals surface area contributed by atoms with Crippen molar-refractivity contribution in [1.29, 1.82) is 0 Å². The topological polar surface area (TPSA) is 72.8 Å². The van der Waals surface area contributed by atoms with Crippen LogP contribution in [-0.2, 0) is 0 Å². The van der Waals surface area contributed by atoms with E-state index in [0.717, 1.165) is 22.5 Å². The van der Waals surface area contributed by atoms with Crippen LogP contribution in [0.3, 0.4) is 0 Å². The van der Waals surface area contributed by atoms with Crippen LogP contribution in [0.15, 0.2) is 95.1 Å². The van der Waals surface area contributed by atoms with Gasteiger partial charge in [-0.15, -0.1) is 0 Å². The van der Waals surface area contributed by atoms with Crippen molar-refractivity contribution in [3.8, 4) is 0 Å². The van der Waals surface area contributed by atoms with Crippen molar-refractivity contribution >= 4 is 58.5 Å². The lowest BCUT2D eigenvalue weighted by Gasteiger charge is -2.06. The van der Waals surface area contributed by atoms with Gasteiger partial charge in [-0.3, -0.25) is 10.9 Å². The molecule has 0 atom stereocenters. The summed E-state index contributed by atoms with van der Waals surface area (Å²) < 4.78 is 0. The van der Waals surface area contributed by atoms with Crippen molar-refractivity contribution in [2.45, 2.75) is 0 Å². The fourth-order valence-corrected chi connectivity index (χ4v) is 2.75. The minimum Gasteiger partial charge on any atom is -0.331 e. The summed E-state index contributed by atoms with van der Waals surface area (Å²) in [5.74, 6) is 0. The SMILES string of the molecule is S=C(N/N=C/c1cccc(/C=N/NC(=S)Nc2ccccc2)c1)Nc1ccccc1. The number of para-hydroxylation sites is 2. The predicted octanol–water partition coefficient (Wildman–Crippen LogP) is 4.33. The van der Waals surface area contributed by atoms with Crippen LogP contribution < -0.4 is 21.5 Å². The largest absolute Gasteiger partial charge is 0.331 e. The first-order chi connectivity index (χ1) is 14.7. The molecule has 30 heavy (non-hydrogen) atoms. The molecule has 0 saturated heterocycles. The van der Waals surface area contributed by atoms with Gasteiger partial charge in [0.25, 0.3) is 0 Å². The predicted molar refractivity (Wildman–Crippen MR) is 133 cm³/mol. The van der Waals surface area contributed by atoms with Crippen LogP contribution in [-0.4, -0.2) is 22.7 Å². The van der Waals surface area contributed by atoms with Crippen molar-refractivity contribution in [2.24, 2.45) is 10.2 Å². The van der Waals surface area contributed by atoms with Gasteiger partial charge >= 0.3 is 0 Å². The van der Waals surface area contributed by atoms with Gasteiger partial charge in [0.2, 0.25) is 0 Å². The number of hydrazone groups is 2. The van der Waals surface area contributed by atoms with Crippen molar-refractivity contribution in [2.75, 3.05) is 10.6 Å². The van der Waals surface area contributed by atoms with Crippen molar-refractivity contribution < 1.29 is 0 Å². The quantitative estimate of drug-likeness (QED) is 0.264. The first-order valence-corrected chi connectivity index (χ1v) is 9.91. The zero-order valence-corrected chi connectivity index (χ0v) is 17.6. The normalized spacial score (nSPS) is 10.7. The molecule has 0 aromatic heterocycles. The van der Waals surface area contributed by atoms with Gasteiger partial charge in [0, 0.05) is 11.4 Å². The lowest BCUT2D eigenvalue weighted by atomic mass is 10.1. The average Bonchev–Trinajstić information content (AvgIpc) is 2.75. The van der Waals surface area contributed by atoms with Crippen LogP contribution in [0.4, 0.5) is 11.4 Å². The van der Waals surface area contributed by atoms with E-state index < -0.39 is 0 Å². The maximum absolute atomic E-state index is 5.22. The highest BCUT2D eigenvalue weighted by Gasteiger charge is 1.96. The van der Waals surface area contributed by atoms with E-state index in [0.29, 0.717) is 10.2 Å². The molecule has 0 fully saturated rings. The van der Waals surface area contributed by atoms with Gasteiger partial charge in [-0.2, -0.15) is 10.2 Å². The monoisotopic (exact) mass is 432 g/mol. The first-order valence-electron chi connectivity index (χ1n) is 9.09. The van der Waals surface area contributed by atoms with E-state index in [9.17, 15) is 0 Å². The van der Waals surface area contributed by atoms with E-state index in [4.69, 9.17) is 24.4 Å². The highest BCUT2D eigenvalue weighted by atomic mass is 32.1. The summed E-state index contributed by atoms with van der Waals surface area (Å²) in [5, 5.41) is 15.3. The molecule has 3 rings (SSSR count). The molecule has 0 amide bonds. The first kappa shape index (κ1) is 21.1. The Hall–Kier alpha value is -3.62. The molecule has 150 valence electrons. The maximum atomic E-state index is 5.22. The molecule has 0 spiro atoms. The molecular formula is C22H20N6S2. The molecule has 0 bridgehead atoms. The molecule has 3 aromatic rings. The molecule has 8 heteroatoms. The Morgan fingerprint density at radius 2 is 1.03 bits per heavy atom. The minimum atomic E-state index is 0.416. The number of nitrogens with one attached hydrogen (secondary N) is 4. The highest BCUT2D eigenvalue weighted by Crippen LogP contribution is 2.05. The molecule has 0 radical (unpaired) electrons. The molecule has 4 N–H and O–H groups in total. The van der Waals surface area contributed by atoms with Gasteiger partial charge in [-0.1, -0.05) is 54.6 Å². The van der Waals surface area contributed by atoms with E-state index in [-0.39, 0.29) is 0 Å². The summed E-state index contributed by atoms with van der Waals surface area (Å²) in [6, 6.07) is 27.0.